The second-order valence-corrected chi connectivity index (χ2v) is 6.31. The van der Waals surface area contributed by atoms with Gasteiger partial charge in [0.2, 0.25) is 0 Å². The predicted molar refractivity (Wildman–Crippen MR) is 90.4 cm³/mol. The number of hydrogen-bond donors (Lipinski definition) is 3. The highest BCUT2D eigenvalue weighted by atomic mass is 16.5. The number of para-hydroxylation sites is 1. The summed E-state index contributed by atoms with van der Waals surface area (Å²) in [5.74, 6) is 1.14. The highest BCUT2D eigenvalue weighted by Crippen LogP contribution is 2.26. The Morgan fingerprint density at radius 3 is 2.78 bits per heavy atom. The molecule has 128 valence electrons. The number of urea groups is 1. The van der Waals surface area contributed by atoms with Crippen molar-refractivity contribution in [3.05, 3.63) is 29.8 Å². The molecule has 23 heavy (non-hydrogen) atoms. The molecule has 5 heteroatoms. The molecule has 1 aliphatic rings. The van der Waals surface area contributed by atoms with Crippen LogP contribution in [0.5, 0.6) is 5.75 Å². The SMILES string of the molecule is CC(CCO)CNC(=O)NCc1ccccc1OC1CCCC1. The first kappa shape index (κ1) is 17.6. The zero-order chi connectivity index (χ0) is 16.5. The smallest absolute Gasteiger partial charge is 0.315 e. The van der Waals surface area contributed by atoms with Crippen molar-refractivity contribution < 1.29 is 14.6 Å². The van der Waals surface area contributed by atoms with Crippen molar-refractivity contribution in [1.82, 2.24) is 10.6 Å². The molecule has 2 amide bonds. The molecule has 0 heterocycles. The van der Waals surface area contributed by atoms with Crippen LogP contribution in [0.15, 0.2) is 24.3 Å². The van der Waals surface area contributed by atoms with Crippen LogP contribution in [0.4, 0.5) is 4.79 Å². The first-order chi connectivity index (χ1) is 11.2. The standard InChI is InChI=1S/C18H28N2O3/c1-14(10-11-21)12-19-18(22)20-13-15-6-2-5-9-17(15)23-16-7-3-4-8-16/h2,5-6,9,14,16,21H,3-4,7-8,10-13H2,1H3,(H2,19,20,22). The minimum absolute atomic E-state index is 0.149. The lowest BCUT2D eigenvalue weighted by Crippen LogP contribution is -2.37. The number of carbonyl (C=O) groups is 1. The molecule has 0 spiro atoms. The molecule has 1 saturated carbocycles. The lowest BCUT2D eigenvalue weighted by molar-refractivity contribution is 0.207. The van der Waals surface area contributed by atoms with Gasteiger partial charge < -0.3 is 20.5 Å². The monoisotopic (exact) mass is 320 g/mol. The van der Waals surface area contributed by atoms with Gasteiger partial charge in [0.15, 0.2) is 0 Å². The second kappa shape index (κ2) is 9.40. The van der Waals surface area contributed by atoms with Gasteiger partial charge in [-0.2, -0.15) is 0 Å². The van der Waals surface area contributed by atoms with E-state index in [2.05, 4.69) is 10.6 Å². The van der Waals surface area contributed by atoms with E-state index < -0.39 is 0 Å². The normalized spacial score (nSPS) is 16.1. The Balaban J connectivity index is 1.79. The number of rotatable bonds is 8. The first-order valence-corrected chi connectivity index (χ1v) is 8.56. The summed E-state index contributed by atoms with van der Waals surface area (Å²) < 4.78 is 6.07. The molecule has 0 radical (unpaired) electrons. The van der Waals surface area contributed by atoms with Crippen LogP contribution in [0.25, 0.3) is 0 Å². The number of amides is 2. The zero-order valence-electron chi connectivity index (χ0n) is 13.9. The first-order valence-electron chi connectivity index (χ1n) is 8.56. The molecule has 1 aliphatic carbocycles. The summed E-state index contributed by atoms with van der Waals surface area (Å²) in [6.07, 6.45) is 5.71. The van der Waals surface area contributed by atoms with Gasteiger partial charge in [-0.05, 0) is 44.1 Å². The summed E-state index contributed by atoms with van der Waals surface area (Å²) in [4.78, 5) is 11.9. The van der Waals surface area contributed by atoms with Crippen LogP contribution in [0.1, 0.15) is 44.6 Å². The van der Waals surface area contributed by atoms with Gasteiger partial charge in [-0.25, -0.2) is 4.79 Å². The summed E-state index contributed by atoms with van der Waals surface area (Å²) in [5, 5.41) is 14.6. The van der Waals surface area contributed by atoms with Crippen molar-refractivity contribution in [2.45, 2.75) is 51.7 Å². The third-order valence-corrected chi connectivity index (χ3v) is 4.24. The lowest BCUT2D eigenvalue weighted by Gasteiger charge is -2.17. The van der Waals surface area contributed by atoms with Crippen molar-refractivity contribution >= 4 is 6.03 Å². The molecule has 0 bridgehead atoms. The molecule has 1 atom stereocenters. The highest BCUT2D eigenvalue weighted by molar-refractivity contribution is 5.73. The van der Waals surface area contributed by atoms with Gasteiger partial charge in [-0.3, -0.25) is 0 Å². The van der Waals surface area contributed by atoms with Crippen LogP contribution >= 0.6 is 0 Å². The van der Waals surface area contributed by atoms with Crippen LogP contribution in [-0.4, -0.2) is 30.4 Å². The number of hydrogen-bond acceptors (Lipinski definition) is 3. The molecule has 0 aliphatic heterocycles. The number of carbonyl (C=O) groups excluding carboxylic acids is 1. The second-order valence-electron chi connectivity index (χ2n) is 6.31. The molecule has 5 nitrogen and oxygen atoms in total. The van der Waals surface area contributed by atoms with Gasteiger partial charge in [-0.15, -0.1) is 0 Å². The fourth-order valence-corrected chi connectivity index (χ4v) is 2.78. The summed E-state index contributed by atoms with van der Waals surface area (Å²) in [7, 11) is 0. The number of ether oxygens (including phenoxy) is 1. The number of aliphatic hydroxyl groups is 1. The van der Waals surface area contributed by atoms with E-state index in [-0.39, 0.29) is 18.6 Å². The minimum Gasteiger partial charge on any atom is -0.490 e. The van der Waals surface area contributed by atoms with Gasteiger partial charge in [0.1, 0.15) is 5.75 Å². The Kier molecular flexibility index (Phi) is 7.20. The Hall–Kier alpha value is -1.75. The molecule has 1 fully saturated rings. The van der Waals surface area contributed by atoms with Crippen LogP contribution in [0, 0.1) is 5.92 Å². The van der Waals surface area contributed by atoms with Crippen LogP contribution in [0.2, 0.25) is 0 Å². The average Bonchev–Trinajstić information content (AvgIpc) is 3.05. The van der Waals surface area contributed by atoms with E-state index >= 15 is 0 Å². The van der Waals surface area contributed by atoms with Crippen molar-refractivity contribution in [3.63, 3.8) is 0 Å². The molecule has 1 aromatic carbocycles. The summed E-state index contributed by atoms with van der Waals surface area (Å²) in [6.45, 7) is 3.16. The van der Waals surface area contributed by atoms with Gasteiger partial charge >= 0.3 is 6.03 Å². The van der Waals surface area contributed by atoms with Crippen LogP contribution in [-0.2, 0) is 6.54 Å². The van der Waals surface area contributed by atoms with E-state index in [4.69, 9.17) is 9.84 Å². The van der Waals surface area contributed by atoms with Gasteiger partial charge in [-0.1, -0.05) is 25.1 Å². The van der Waals surface area contributed by atoms with Crippen molar-refractivity contribution in [3.8, 4) is 5.75 Å². The number of nitrogens with one attached hydrogen (secondary N) is 2. The van der Waals surface area contributed by atoms with E-state index in [0.717, 1.165) is 24.2 Å². The summed E-state index contributed by atoms with van der Waals surface area (Å²) in [6, 6.07) is 7.69. The quantitative estimate of drug-likeness (QED) is 0.690. The largest absolute Gasteiger partial charge is 0.490 e. The van der Waals surface area contributed by atoms with E-state index in [0.29, 0.717) is 25.6 Å². The molecular formula is C18H28N2O3. The third-order valence-electron chi connectivity index (χ3n) is 4.24. The Labute approximate surface area is 138 Å². The zero-order valence-corrected chi connectivity index (χ0v) is 13.9. The molecule has 1 unspecified atom stereocenters. The summed E-state index contributed by atoms with van der Waals surface area (Å²) >= 11 is 0. The highest BCUT2D eigenvalue weighted by Gasteiger charge is 2.17. The maximum atomic E-state index is 11.9. The Morgan fingerprint density at radius 2 is 2.04 bits per heavy atom. The van der Waals surface area contributed by atoms with Crippen LogP contribution < -0.4 is 15.4 Å². The van der Waals surface area contributed by atoms with Crippen LogP contribution in [0.3, 0.4) is 0 Å². The van der Waals surface area contributed by atoms with E-state index in [1.807, 2.05) is 31.2 Å². The lowest BCUT2D eigenvalue weighted by atomic mass is 10.1. The van der Waals surface area contributed by atoms with Crippen molar-refractivity contribution in [2.24, 2.45) is 5.92 Å². The maximum Gasteiger partial charge on any atom is 0.315 e. The summed E-state index contributed by atoms with van der Waals surface area (Å²) in [5.41, 5.74) is 0.998. The van der Waals surface area contributed by atoms with Crippen molar-refractivity contribution in [1.29, 1.82) is 0 Å². The number of benzene rings is 1. The fraction of sp³-hybridized carbons (Fsp3) is 0.611. The van der Waals surface area contributed by atoms with Crippen molar-refractivity contribution in [2.75, 3.05) is 13.2 Å². The Morgan fingerprint density at radius 1 is 1.30 bits per heavy atom. The Bertz CT molecular complexity index is 487. The fourth-order valence-electron chi connectivity index (χ4n) is 2.78. The molecule has 0 saturated heterocycles. The predicted octanol–water partition coefficient (Wildman–Crippen LogP) is 2.83. The van der Waals surface area contributed by atoms with Gasteiger partial charge in [0.25, 0.3) is 0 Å². The third kappa shape index (κ3) is 6.10. The topological polar surface area (TPSA) is 70.6 Å². The average molecular weight is 320 g/mol. The van der Waals surface area contributed by atoms with E-state index in [1.165, 1.54) is 12.8 Å². The number of aliphatic hydroxyl groups excluding tert-OH is 1. The van der Waals surface area contributed by atoms with E-state index in [1.54, 1.807) is 0 Å². The maximum absolute atomic E-state index is 11.9. The molecular weight excluding hydrogens is 292 g/mol. The van der Waals surface area contributed by atoms with Gasteiger partial charge in [0, 0.05) is 25.3 Å². The minimum atomic E-state index is -0.189. The molecule has 1 aromatic rings. The molecule has 0 aromatic heterocycles. The van der Waals surface area contributed by atoms with Gasteiger partial charge in [0.05, 0.1) is 6.10 Å². The molecule has 3 N–H and O–H groups in total. The molecule has 2 rings (SSSR count). The van der Waals surface area contributed by atoms with E-state index in [9.17, 15) is 4.79 Å².